The number of alkyl halides is 2. The van der Waals surface area contributed by atoms with Crippen molar-refractivity contribution in [3.63, 3.8) is 0 Å². The Morgan fingerprint density at radius 1 is 1.00 bits per heavy atom. The number of fused-ring (bicyclic) bond motifs is 1. The molecule has 0 unspecified atom stereocenters. The lowest BCUT2D eigenvalue weighted by molar-refractivity contribution is -0.286. The van der Waals surface area contributed by atoms with Gasteiger partial charge in [-0.15, -0.1) is 8.78 Å². The minimum Gasteiger partial charge on any atom is -0.395 e. The summed E-state index contributed by atoms with van der Waals surface area (Å²) in [7, 11) is 0. The number of anilines is 1. The number of rotatable bonds is 5. The normalized spacial score (nSPS) is 14.0. The second-order valence-electron chi connectivity index (χ2n) is 5.76. The Labute approximate surface area is 152 Å². The lowest BCUT2D eigenvalue weighted by Crippen LogP contribution is -2.25. The molecule has 3 aromatic rings. The molecule has 0 atom stereocenters. The van der Waals surface area contributed by atoms with Gasteiger partial charge in [0.05, 0.1) is 12.2 Å². The maximum Gasteiger partial charge on any atom is 0.586 e. The van der Waals surface area contributed by atoms with Crippen molar-refractivity contribution in [1.82, 2.24) is 9.97 Å². The zero-order valence-corrected chi connectivity index (χ0v) is 13.9. The number of nitrogens with one attached hydrogen (secondary N) is 1. The molecule has 2 aromatic carbocycles. The van der Waals surface area contributed by atoms with E-state index in [1.54, 1.807) is 36.4 Å². The van der Waals surface area contributed by atoms with E-state index in [0.29, 0.717) is 22.6 Å². The topological polar surface area (TPSA) is 73.3 Å². The second kappa shape index (κ2) is 6.64. The number of ketones is 1. The summed E-state index contributed by atoms with van der Waals surface area (Å²) in [6.07, 6.45) is -2.35. The Kier molecular flexibility index (Phi) is 4.15. The molecule has 136 valence electrons. The number of benzene rings is 2. The summed E-state index contributed by atoms with van der Waals surface area (Å²) in [6.45, 7) is 0.0633. The molecule has 0 saturated heterocycles. The molecule has 0 fully saturated rings. The predicted molar refractivity (Wildman–Crippen MR) is 92.9 cm³/mol. The second-order valence-corrected chi connectivity index (χ2v) is 5.76. The molecule has 4 rings (SSSR count). The van der Waals surface area contributed by atoms with E-state index in [9.17, 15) is 13.6 Å². The SMILES string of the molecule is O=C(CNc1cc(-c2ccc3c(c2)OC(F)(F)O3)ncn1)c1ccccc1. The first kappa shape index (κ1) is 16.9. The maximum absolute atomic E-state index is 13.1. The summed E-state index contributed by atoms with van der Waals surface area (Å²) in [4.78, 5) is 20.4. The number of hydrogen-bond acceptors (Lipinski definition) is 6. The van der Waals surface area contributed by atoms with E-state index >= 15 is 0 Å². The van der Waals surface area contributed by atoms with Crippen LogP contribution in [0.4, 0.5) is 14.6 Å². The predicted octanol–water partition coefficient (Wildman–Crippen LogP) is 3.76. The number of Topliss-reactive ketones (excluding diaryl/α,β-unsaturated/α-hetero) is 1. The van der Waals surface area contributed by atoms with Gasteiger partial charge in [-0.2, -0.15) is 0 Å². The monoisotopic (exact) mass is 369 g/mol. The summed E-state index contributed by atoms with van der Waals surface area (Å²) < 4.78 is 35.1. The zero-order valence-electron chi connectivity index (χ0n) is 13.9. The number of aromatic nitrogens is 2. The van der Waals surface area contributed by atoms with Crippen molar-refractivity contribution in [2.75, 3.05) is 11.9 Å². The van der Waals surface area contributed by atoms with Crippen LogP contribution in [0.15, 0.2) is 60.9 Å². The number of halogens is 2. The quantitative estimate of drug-likeness (QED) is 0.691. The van der Waals surface area contributed by atoms with Crippen molar-refractivity contribution < 1.29 is 23.0 Å². The van der Waals surface area contributed by atoms with Gasteiger partial charge in [0.1, 0.15) is 12.1 Å². The van der Waals surface area contributed by atoms with E-state index in [1.165, 1.54) is 18.5 Å². The van der Waals surface area contributed by atoms with E-state index in [0.717, 1.165) is 0 Å². The smallest absolute Gasteiger partial charge is 0.395 e. The number of carbonyl (C=O) groups is 1. The molecule has 0 amide bonds. The van der Waals surface area contributed by atoms with Crippen LogP contribution < -0.4 is 14.8 Å². The van der Waals surface area contributed by atoms with Crippen molar-refractivity contribution in [2.45, 2.75) is 6.29 Å². The fourth-order valence-electron chi connectivity index (χ4n) is 2.62. The largest absolute Gasteiger partial charge is 0.586 e. The van der Waals surface area contributed by atoms with Gasteiger partial charge in [0.2, 0.25) is 0 Å². The molecule has 0 saturated carbocycles. The maximum atomic E-state index is 13.1. The number of hydrogen-bond donors (Lipinski definition) is 1. The van der Waals surface area contributed by atoms with Gasteiger partial charge in [0, 0.05) is 17.2 Å². The van der Waals surface area contributed by atoms with Gasteiger partial charge in [0.15, 0.2) is 17.3 Å². The first-order chi connectivity index (χ1) is 13.0. The van der Waals surface area contributed by atoms with E-state index in [2.05, 4.69) is 24.8 Å². The fourth-order valence-corrected chi connectivity index (χ4v) is 2.62. The fraction of sp³-hybridized carbons (Fsp3) is 0.105. The van der Waals surface area contributed by atoms with E-state index in [4.69, 9.17) is 0 Å². The number of ether oxygens (including phenoxy) is 2. The van der Waals surface area contributed by atoms with Crippen molar-refractivity contribution >= 4 is 11.6 Å². The van der Waals surface area contributed by atoms with Gasteiger partial charge in [-0.25, -0.2) is 9.97 Å². The summed E-state index contributed by atoms with van der Waals surface area (Å²) >= 11 is 0. The molecule has 1 N–H and O–H groups in total. The van der Waals surface area contributed by atoms with Crippen LogP contribution in [0.5, 0.6) is 11.5 Å². The van der Waals surface area contributed by atoms with Crippen LogP contribution in [0.2, 0.25) is 0 Å². The average molecular weight is 369 g/mol. The Hall–Kier alpha value is -3.55. The summed E-state index contributed by atoms with van der Waals surface area (Å²) in [5, 5.41) is 2.94. The lowest BCUT2D eigenvalue weighted by Gasteiger charge is -2.07. The molecule has 0 spiro atoms. The Morgan fingerprint density at radius 3 is 2.59 bits per heavy atom. The molecular formula is C19H13F2N3O3. The van der Waals surface area contributed by atoms with Crippen molar-refractivity contribution in [1.29, 1.82) is 0 Å². The van der Waals surface area contributed by atoms with Crippen LogP contribution in [-0.4, -0.2) is 28.6 Å². The molecule has 1 aliphatic rings. The van der Waals surface area contributed by atoms with Gasteiger partial charge in [-0.05, 0) is 18.2 Å². The molecular weight excluding hydrogens is 356 g/mol. The van der Waals surface area contributed by atoms with E-state index in [-0.39, 0.29) is 23.8 Å². The zero-order chi connectivity index (χ0) is 18.9. The first-order valence-corrected chi connectivity index (χ1v) is 8.05. The standard InChI is InChI=1S/C19H13F2N3O3/c20-19(21)26-16-7-6-13(8-17(16)27-19)14-9-18(24-11-23-14)22-10-15(25)12-4-2-1-3-5-12/h1-9,11H,10H2,(H,22,23,24). The van der Waals surface area contributed by atoms with Gasteiger partial charge >= 0.3 is 6.29 Å². The summed E-state index contributed by atoms with van der Waals surface area (Å²) in [6, 6.07) is 14.9. The van der Waals surface area contributed by atoms with Crippen LogP contribution in [0.3, 0.4) is 0 Å². The minimum atomic E-state index is -3.67. The van der Waals surface area contributed by atoms with Crippen LogP contribution >= 0.6 is 0 Å². The molecule has 1 aromatic heterocycles. The van der Waals surface area contributed by atoms with Gasteiger partial charge in [-0.1, -0.05) is 30.3 Å². The third-order valence-electron chi connectivity index (χ3n) is 3.89. The molecule has 1 aliphatic heterocycles. The van der Waals surface area contributed by atoms with Gasteiger partial charge in [-0.3, -0.25) is 4.79 Å². The highest BCUT2D eigenvalue weighted by Gasteiger charge is 2.43. The summed E-state index contributed by atoms with van der Waals surface area (Å²) in [5.41, 5.74) is 1.63. The Bertz CT molecular complexity index is 996. The highest BCUT2D eigenvalue weighted by molar-refractivity contribution is 5.98. The highest BCUT2D eigenvalue weighted by Crippen LogP contribution is 2.42. The lowest BCUT2D eigenvalue weighted by atomic mass is 10.1. The molecule has 0 bridgehead atoms. The van der Waals surface area contributed by atoms with Crippen LogP contribution in [0, 0.1) is 0 Å². The van der Waals surface area contributed by atoms with E-state index in [1.807, 2.05) is 6.07 Å². The summed E-state index contributed by atoms with van der Waals surface area (Å²) in [5.74, 6) is 0.253. The third-order valence-corrected chi connectivity index (χ3v) is 3.89. The Morgan fingerprint density at radius 2 is 1.78 bits per heavy atom. The average Bonchev–Trinajstić information content (AvgIpc) is 3.00. The van der Waals surface area contributed by atoms with Crippen molar-refractivity contribution in [3.8, 4) is 22.8 Å². The third kappa shape index (κ3) is 3.69. The molecule has 0 radical (unpaired) electrons. The van der Waals surface area contributed by atoms with Gasteiger partial charge in [0.25, 0.3) is 0 Å². The van der Waals surface area contributed by atoms with Crippen LogP contribution in [-0.2, 0) is 0 Å². The van der Waals surface area contributed by atoms with E-state index < -0.39 is 6.29 Å². The first-order valence-electron chi connectivity index (χ1n) is 8.05. The molecule has 8 heteroatoms. The molecule has 0 aliphatic carbocycles. The molecule has 27 heavy (non-hydrogen) atoms. The van der Waals surface area contributed by atoms with Gasteiger partial charge < -0.3 is 14.8 Å². The van der Waals surface area contributed by atoms with Crippen molar-refractivity contribution in [2.24, 2.45) is 0 Å². The van der Waals surface area contributed by atoms with Crippen LogP contribution in [0.25, 0.3) is 11.3 Å². The number of carbonyl (C=O) groups excluding carboxylic acids is 1. The molecule has 6 nitrogen and oxygen atoms in total. The van der Waals surface area contributed by atoms with Crippen LogP contribution in [0.1, 0.15) is 10.4 Å². The Balaban J connectivity index is 1.49. The number of nitrogens with zero attached hydrogens (tertiary/aromatic N) is 2. The highest BCUT2D eigenvalue weighted by atomic mass is 19.3. The molecule has 2 heterocycles. The van der Waals surface area contributed by atoms with Crippen molar-refractivity contribution in [3.05, 3.63) is 66.5 Å². The minimum absolute atomic E-state index is 0.0374.